The van der Waals surface area contributed by atoms with Crippen LogP contribution in [0.25, 0.3) is 0 Å². The summed E-state index contributed by atoms with van der Waals surface area (Å²) < 4.78 is 11.2. The first kappa shape index (κ1) is 14.1. The largest absolute Gasteiger partial charge is 0.337 e. The van der Waals surface area contributed by atoms with Gasteiger partial charge < -0.3 is 10.6 Å². The van der Waals surface area contributed by atoms with Gasteiger partial charge in [0.15, 0.2) is 0 Å². The lowest BCUT2D eigenvalue weighted by molar-refractivity contribution is 0.237. The molecule has 1 aliphatic carbocycles. The molecule has 0 unspecified atom stereocenters. The molecule has 1 aromatic carbocycles. The Balaban J connectivity index is 1.78. The molecule has 0 bridgehead atoms. The highest BCUT2D eigenvalue weighted by molar-refractivity contribution is 7.84. The van der Waals surface area contributed by atoms with Crippen molar-refractivity contribution in [2.45, 2.75) is 31.1 Å². The third kappa shape index (κ3) is 3.80. The smallest absolute Gasteiger partial charge is 0.315 e. The van der Waals surface area contributed by atoms with Gasteiger partial charge in [-0.15, -0.1) is 0 Å². The maximum atomic E-state index is 11.8. The molecule has 1 aromatic rings. The fourth-order valence-corrected chi connectivity index (χ4v) is 2.57. The summed E-state index contributed by atoms with van der Waals surface area (Å²) in [6.07, 6.45) is 3.43. The minimum absolute atomic E-state index is 0.0217. The number of amides is 2. The van der Waals surface area contributed by atoms with Gasteiger partial charge in [-0.25, -0.2) is 4.79 Å². The normalized spacial score (nSPS) is 17.6. The molecule has 2 amide bonds. The highest BCUT2D eigenvalue weighted by Crippen LogP contribution is 2.21. The number of hydrogen-bond acceptors (Lipinski definition) is 2. The summed E-state index contributed by atoms with van der Waals surface area (Å²) in [5.74, 6) is 0. The molecule has 2 atom stereocenters. The molecule has 2 N–H and O–H groups in total. The van der Waals surface area contributed by atoms with Crippen LogP contribution in [0.2, 0.25) is 0 Å². The van der Waals surface area contributed by atoms with E-state index in [-0.39, 0.29) is 17.3 Å². The van der Waals surface area contributed by atoms with Crippen molar-refractivity contribution in [3.05, 3.63) is 35.4 Å². The van der Waals surface area contributed by atoms with Crippen molar-refractivity contribution in [1.82, 2.24) is 10.6 Å². The molecule has 5 heteroatoms. The second-order valence-corrected chi connectivity index (χ2v) is 6.84. The van der Waals surface area contributed by atoms with E-state index in [1.807, 2.05) is 19.1 Å². The molecule has 0 radical (unpaired) electrons. The Morgan fingerprint density at radius 3 is 2.47 bits per heavy atom. The lowest BCUT2D eigenvalue weighted by Crippen LogP contribution is -2.45. The van der Waals surface area contributed by atoms with Crippen LogP contribution >= 0.6 is 0 Å². The number of rotatable bonds is 4. The van der Waals surface area contributed by atoms with Crippen LogP contribution < -0.4 is 10.6 Å². The van der Waals surface area contributed by atoms with Crippen molar-refractivity contribution in [1.29, 1.82) is 0 Å². The first-order chi connectivity index (χ1) is 9.06. The number of carbonyl (C=O) groups is 1. The van der Waals surface area contributed by atoms with Crippen molar-refractivity contribution < 1.29 is 9.00 Å². The van der Waals surface area contributed by atoms with Crippen LogP contribution in [0.5, 0.6) is 0 Å². The maximum absolute atomic E-state index is 11.8. The summed E-state index contributed by atoms with van der Waals surface area (Å²) in [5.41, 5.74) is 2.63. The summed E-state index contributed by atoms with van der Waals surface area (Å²) in [6, 6.07) is 8.27. The van der Waals surface area contributed by atoms with E-state index >= 15 is 0 Å². The van der Waals surface area contributed by atoms with Crippen molar-refractivity contribution in [2.24, 2.45) is 0 Å². The zero-order valence-electron chi connectivity index (χ0n) is 11.3. The summed E-state index contributed by atoms with van der Waals surface area (Å²) in [4.78, 5) is 11.8. The second-order valence-electron chi connectivity index (χ2n) is 5.04. The van der Waals surface area contributed by atoms with E-state index in [9.17, 15) is 9.00 Å². The number of benzene rings is 1. The molecule has 0 saturated heterocycles. The molecule has 0 heterocycles. The van der Waals surface area contributed by atoms with Gasteiger partial charge in [0.05, 0.1) is 0 Å². The third-order valence-electron chi connectivity index (χ3n) is 3.50. The lowest BCUT2D eigenvalue weighted by Gasteiger charge is -2.14. The Kier molecular flexibility index (Phi) is 4.58. The minimum atomic E-state index is -0.906. The number of carbonyl (C=O) groups excluding carboxylic acids is 1. The van der Waals surface area contributed by atoms with E-state index < -0.39 is 10.8 Å². The van der Waals surface area contributed by atoms with Crippen LogP contribution in [0.4, 0.5) is 4.79 Å². The predicted molar refractivity (Wildman–Crippen MR) is 77.7 cm³/mol. The average Bonchev–Trinajstić information content (AvgIpc) is 2.77. The van der Waals surface area contributed by atoms with Crippen molar-refractivity contribution in [3.63, 3.8) is 0 Å². The minimum Gasteiger partial charge on any atom is -0.337 e. The van der Waals surface area contributed by atoms with Gasteiger partial charge in [0.25, 0.3) is 0 Å². The Hall–Kier alpha value is -1.36. The Morgan fingerprint density at radius 1 is 1.37 bits per heavy atom. The molecular weight excluding hydrogens is 260 g/mol. The molecule has 19 heavy (non-hydrogen) atoms. The van der Waals surface area contributed by atoms with E-state index in [1.165, 1.54) is 11.1 Å². The van der Waals surface area contributed by atoms with Gasteiger partial charge in [0, 0.05) is 34.9 Å². The van der Waals surface area contributed by atoms with E-state index in [0.29, 0.717) is 6.54 Å². The highest BCUT2D eigenvalue weighted by atomic mass is 32.2. The maximum Gasteiger partial charge on any atom is 0.315 e. The lowest BCUT2D eigenvalue weighted by atomic mass is 10.1. The SMILES string of the molecule is C[C@@H](CNC(=O)NC1Cc2ccccc2C1)[S@](C)=O. The number of hydrogen-bond donors (Lipinski definition) is 2. The molecule has 0 saturated carbocycles. The fraction of sp³-hybridized carbons (Fsp3) is 0.500. The Bertz CT molecular complexity index is 465. The molecule has 4 nitrogen and oxygen atoms in total. The summed E-state index contributed by atoms with van der Waals surface area (Å²) >= 11 is 0. The zero-order valence-corrected chi connectivity index (χ0v) is 12.1. The van der Waals surface area contributed by atoms with Gasteiger partial charge in [-0.1, -0.05) is 24.3 Å². The van der Waals surface area contributed by atoms with Crippen molar-refractivity contribution in [3.8, 4) is 0 Å². The molecule has 104 valence electrons. The molecule has 0 spiro atoms. The molecular formula is C14H20N2O2S. The van der Waals surface area contributed by atoms with Crippen LogP contribution in [0.3, 0.4) is 0 Å². The van der Waals surface area contributed by atoms with Crippen LogP contribution in [-0.4, -0.2) is 34.3 Å². The van der Waals surface area contributed by atoms with Gasteiger partial charge in [-0.3, -0.25) is 4.21 Å². The molecule has 0 aliphatic heterocycles. The van der Waals surface area contributed by atoms with Crippen LogP contribution in [0, 0.1) is 0 Å². The predicted octanol–water partition coefficient (Wildman–Crippen LogP) is 1.22. The fourth-order valence-electron chi connectivity index (χ4n) is 2.25. The average molecular weight is 280 g/mol. The van der Waals surface area contributed by atoms with Crippen molar-refractivity contribution in [2.75, 3.05) is 12.8 Å². The quantitative estimate of drug-likeness (QED) is 0.871. The van der Waals surface area contributed by atoms with E-state index in [2.05, 4.69) is 22.8 Å². The van der Waals surface area contributed by atoms with Gasteiger partial charge in [-0.2, -0.15) is 0 Å². The van der Waals surface area contributed by atoms with Crippen LogP contribution in [-0.2, 0) is 23.6 Å². The molecule has 0 aromatic heterocycles. The first-order valence-corrected chi connectivity index (χ1v) is 8.11. The standard InChI is InChI=1S/C14H20N2O2S/c1-10(19(2)18)9-15-14(17)16-13-7-11-5-3-4-6-12(11)8-13/h3-6,10,13H,7-9H2,1-2H3,(H2,15,16,17)/t10-,19-/m0/s1. The van der Waals surface area contributed by atoms with E-state index in [0.717, 1.165) is 12.8 Å². The molecule has 2 rings (SSSR count). The van der Waals surface area contributed by atoms with Crippen LogP contribution in [0.15, 0.2) is 24.3 Å². The number of fused-ring (bicyclic) bond motifs is 1. The van der Waals surface area contributed by atoms with Gasteiger partial charge in [0.2, 0.25) is 0 Å². The van der Waals surface area contributed by atoms with Crippen LogP contribution in [0.1, 0.15) is 18.1 Å². The summed E-state index contributed by atoms with van der Waals surface area (Å²) in [7, 11) is -0.906. The monoisotopic (exact) mass is 280 g/mol. The second kappa shape index (κ2) is 6.19. The Morgan fingerprint density at radius 2 is 1.95 bits per heavy atom. The van der Waals surface area contributed by atoms with Crippen molar-refractivity contribution >= 4 is 16.8 Å². The number of nitrogens with one attached hydrogen (secondary N) is 2. The first-order valence-electron chi connectivity index (χ1n) is 6.49. The topological polar surface area (TPSA) is 58.2 Å². The van der Waals surface area contributed by atoms with E-state index in [1.54, 1.807) is 6.26 Å². The van der Waals surface area contributed by atoms with Gasteiger partial charge >= 0.3 is 6.03 Å². The molecule has 1 aliphatic rings. The zero-order chi connectivity index (χ0) is 13.8. The Labute approximate surface area is 116 Å². The summed E-state index contributed by atoms with van der Waals surface area (Å²) in [6.45, 7) is 2.30. The highest BCUT2D eigenvalue weighted by Gasteiger charge is 2.22. The number of urea groups is 1. The third-order valence-corrected chi connectivity index (χ3v) is 4.80. The molecule has 0 fully saturated rings. The van der Waals surface area contributed by atoms with E-state index in [4.69, 9.17) is 0 Å². The van der Waals surface area contributed by atoms with Gasteiger partial charge in [-0.05, 0) is 30.9 Å². The summed E-state index contributed by atoms with van der Waals surface area (Å²) in [5, 5.41) is 5.72. The van der Waals surface area contributed by atoms with Gasteiger partial charge in [0.1, 0.15) is 0 Å².